The second-order valence-corrected chi connectivity index (χ2v) is 6.80. The van der Waals surface area contributed by atoms with Gasteiger partial charge in [-0.25, -0.2) is 14.4 Å². The van der Waals surface area contributed by atoms with Crippen LogP contribution in [0.2, 0.25) is 0 Å². The highest BCUT2D eigenvalue weighted by atomic mass is 79.9. The molecule has 2 heterocycles. The first-order chi connectivity index (χ1) is 10.0. The second kappa shape index (κ2) is 5.66. The molecule has 0 saturated carbocycles. The van der Waals surface area contributed by atoms with E-state index in [-0.39, 0.29) is 17.7 Å². The molecule has 0 N–H and O–H groups in total. The van der Waals surface area contributed by atoms with Crippen molar-refractivity contribution in [3.8, 4) is 0 Å². The highest BCUT2D eigenvalue weighted by Gasteiger charge is 2.20. The minimum atomic E-state index is -0.313. The molecule has 1 aromatic carbocycles. The van der Waals surface area contributed by atoms with Gasteiger partial charge in [-0.15, -0.1) is 22.9 Å². The lowest BCUT2D eigenvalue weighted by Gasteiger charge is -2.14. The first-order valence-electron chi connectivity index (χ1n) is 6.35. The van der Waals surface area contributed by atoms with Crippen LogP contribution < -0.4 is 0 Å². The normalized spacial score (nSPS) is 13.0. The number of rotatable bonds is 3. The number of benzene rings is 1. The van der Waals surface area contributed by atoms with Crippen LogP contribution in [0.25, 0.3) is 11.0 Å². The topological polar surface area (TPSA) is 30.7 Å². The number of thiazole rings is 1. The summed E-state index contributed by atoms with van der Waals surface area (Å²) in [6.45, 7) is 3.98. The molecule has 0 aliphatic heterocycles. The number of alkyl halides is 1. The van der Waals surface area contributed by atoms with Crippen molar-refractivity contribution in [3.63, 3.8) is 0 Å². The van der Waals surface area contributed by atoms with Crippen LogP contribution in [0.15, 0.2) is 22.0 Å². The highest BCUT2D eigenvalue weighted by molar-refractivity contribution is 9.10. The molecule has 0 radical (unpaired) electrons. The third-order valence-electron chi connectivity index (χ3n) is 3.31. The number of imidazole rings is 1. The van der Waals surface area contributed by atoms with Crippen LogP contribution >= 0.6 is 38.9 Å². The number of hydrogen-bond donors (Lipinski definition) is 0. The SMILES string of the molecule is Cc1csc(C(C)n2c(CCl)nc3cc(Br)c(F)cc32)n1. The van der Waals surface area contributed by atoms with E-state index in [0.717, 1.165) is 21.7 Å². The lowest BCUT2D eigenvalue weighted by molar-refractivity contribution is 0.612. The van der Waals surface area contributed by atoms with Gasteiger partial charge in [0, 0.05) is 17.1 Å². The van der Waals surface area contributed by atoms with E-state index in [9.17, 15) is 4.39 Å². The van der Waals surface area contributed by atoms with Gasteiger partial charge in [0.25, 0.3) is 0 Å². The van der Waals surface area contributed by atoms with Crippen LogP contribution in [0.4, 0.5) is 4.39 Å². The number of hydrogen-bond acceptors (Lipinski definition) is 3. The quantitative estimate of drug-likeness (QED) is 0.588. The molecule has 3 nitrogen and oxygen atoms in total. The van der Waals surface area contributed by atoms with E-state index >= 15 is 0 Å². The highest BCUT2D eigenvalue weighted by Crippen LogP contribution is 2.31. The Bertz CT molecular complexity index is 814. The Kier molecular flexibility index (Phi) is 4.03. The molecular formula is C14H12BrClFN3S. The lowest BCUT2D eigenvalue weighted by atomic mass is 10.2. The molecule has 0 aliphatic rings. The van der Waals surface area contributed by atoms with E-state index < -0.39 is 0 Å². The maximum absolute atomic E-state index is 13.9. The van der Waals surface area contributed by atoms with Gasteiger partial charge >= 0.3 is 0 Å². The molecule has 2 aromatic heterocycles. The summed E-state index contributed by atoms with van der Waals surface area (Å²) >= 11 is 10.8. The Morgan fingerprint density at radius 2 is 2.19 bits per heavy atom. The van der Waals surface area contributed by atoms with Crippen molar-refractivity contribution < 1.29 is 4.39 Å². The largest absolute Gasteiger partial charge is 0.317 e. The third-order valence-corrected chi connectivity index (χ3v) is 5.29. The van der Waals surface area contributed by atoms with Gasteiger partial charge in [0.2, 0.25) is 0 Å². The van der Waals surface area contributed by atoms with E-state index in [4.69, 9.17) is 11.6 Å². The molecule has 0 saturated heterocycles. The number of aryl methyl sites for hydroxylation is 1. The maximum Gasteiger partial charge on any atom is 0.139 e. The Morgan fingerprint density at radius 3 is 2.81 bits per heavy atom. The van der Waals surface area contributed by atoms with Crippen molar-refractivity contribution in [3.05, 3.63) is 44.3 Å². The Labute approximate surface area is 138 Å². The fourth-order valence-electron chi connectivity index (χ4n) is 2.34. The summed E-state index contributed by atoms with van der Waals surface area (Å²) in [5.41, 5.74) is 2.43. The van der Waals surface area contributed by atoms with Gasteiger partial charge in [0.05, 0.1) is 27.4 Å². The van der Waals surface area contributed by atoms with Gasteiger partial charge in [-0.1, -0.05) is 0 Å². The molecule has 3 aromatic rings. The van der Waals surface area contributed by atoms with E-state index in [2.05, 4.69) is 25.9 Å². The van der Waals surface area contributed by atoms with Crippen LogP contribution in [0.5, 0.6) is 0 Å². The molecule has 0 fully saturated rings. The first-order valence-corrected chi connectivity index (χ1v) is 8.56. The summed E-state index contributed by atoms with van der Waals surface area (Å²) in [7, 11) is 0. The fraction of sp³-hybridized carbons (Fsp3) is 0.286. The molecule has 110 valence electrons. The van der Waals surface area contributed by atoms with Crippen molar-refractivity contribution in [2.75, 3.05) is 0 Å². The van der Waals surface area contributed by atoms with Gasteiger partial charge in [-0.05, 0) is 35.8 Å². The number of fused-ring (bicyclic) bond motifs is 1. The third kappa shape index (κ3) is 2.60. The summed E-state index contributed by atoms with van der Waals surface area (Å²) in [5, 5.41) is 2.96. The summed E-state index contributed by atoms with van der Waals surface area (Å²) in [6, 6.07) is 3.12. The molecule has 0 spiro atoms. The zero-order valence-electron chi connectivity index (χ0n) is 11.4. The van der Waals surface area contributed by atoms with Gasteiger partial charge < -0.3 is 4.57 Å². The number of nitrogens with zero attached hydrogens (tertiary/aromatic N) is 3. The lowest BCUT2D eigenvalue weighted by Crippen LogP contribution is -2.10. The second-order valence-electron chi connectivity index (χ2n) is 4.79. The zero-order chi connectivity index (χ0) is 15.1. The fourth-order valence-corrected chi connectivity index (χ4v) is 3.70. The molecule has 1 unspecified atom stereocenters. The van der Waals surface area contributed by atoms with Crippen molar-refractivity contribution >= 4 is 49.9 Å². The van der Waals surface area contributed by atoms with Gasteiger partial charge in [-0.3, -0.25) is 0 Å². The zero-order valence-corrected chi connectivity index (χ0v) is 14.6. The Hall–Kier alpha value is -0.980. The van der Waals surface area contributed by atoms with Crippen LogP contribution in [-0.2, 0) is 5.88 Å². The standard InChI is InChI=1S/C14H12BrClFN3S/c1-7-6-21-14(18-7)8(2)20-12-4-10(17)9(15)3-11(12)19-13(20)5-16/h3-4,6,8H,5H2,1-2H3. The molecule has 3 rings (SSSR count). The van der Waals surface area contributed by atoms with Gasteiger partial charge in [0.1, 0.15) is 16.6 Å². The predicted octanol–water partition coefficient (Wildman–Crippen LogP) is 5.05. The van der Waals surface area contributed by atoms with Crippen LogP contribution in [0.1, 0.15) is 29.5 Å². The van der Waals surface area contributed by atoms with E-state index in [1.54, 1.807) is 17.4 Å². The monoisotopic (exact) mass is 387 g/mol. The summed E-state index contributed by atoms with van der Waals surface area (Å²) < 4.78 is 16.2. The molecule has 7 heteroatoms. The Balaban J connectivity index is 2.22. The van der Waals surface area contributed by atoms with E-state index in [1.165, 1.54) is 6.07 Å². The van der Waals surface area contributed by atoms with Crippen LogP contribution in [-0.4, -0.2) is 14.5 Å². The molecule has 0 aliphatic carbocycles. The van der Waals surface area contributed by atoms with Crippen molar-refractivity contribution in [1.82, 2.24) is 14.5 Å². The first kappa shape index (κ1) is 14.9. The smallest absolute Gasteiger partial charge is 0.139 e. The molecule has 0 bridgehead atoms. The number of halogens is 3. The number of aromatic nitrogens is 3. The molecule has 21 heavy (non-hydrogen) atoms. The van der Waals surface area contributed by atoms with Gasteiger partial charge in [0.15, 0.2) is 0 Å². The molecule has 0 amide bonds. The van der Waals surface area contributed by atoms with Crippen LogP contribution in [0.3, 0.4) is 0 Å². The maximum atomic E-state index is 13.9. The summed E-state index contributed by atoms with van der Waals surface area (Å²) in [5.74, 6) is 0.666. The van der Waals surface area contributed by atoms with Gasteiger partial charge in [-0.2, -0.15) is 0 Å². The molecular weight excluding hydrogens is 377 g/mol. The average molecular weight is 389 g/mol. The Morgan fingerprint density at radius 1 is 1.43 bits per heavy atom. The van der Waals surface area contributed by atoms with E-state index in [0.29, 0.717) is 10.3 Å². The molecule has 1 atom stereocenters. The minimum Gasteiger partial charge on any atom is -0.317 e. The van der Waals surface area contributed by atoms with Crippen molar-refractivity contribution in [2.45, 2.75) is 25.8 Å². The average Bonchev–Trinajstić information content (AvgIpc) is 3.02. The van der Waals surface area contributed by atoms with Crippen molar-refractivity contribution in [2.24, 2.45) is 0 Å². The van der Waals surface area contributed by atoms with Crippen LogP contribution in [0, 0.1) is 12.7 Å². The van der Waals surface area contributed by atoms with E-state index in [1.807, 2.05) is 23.8 Å². The predicted molar refractivity (Wildman–Crippen MR) is 87.6 cm³/mol. The minimum absolute atomic E-state index is 0.0389. The summed E-state index contributed by atoms with van der Waals surface area (Å²) in [4.78, 5) is 9.01. The summed E-state index contributed by atoms with van der Waals surface area (Å²) in [6.07, 6.45) is 0. The van der Waals surface area contributed by atoms with Crippen molar-refractivity contribution in [1.29, 1.82) is 0 Å².